The second kappa shape index (κ2) is 8.92. The lowest BCUT2D eigenvalue weighted by Crippen LogP contribution is -2.53. The number of hydrogen-bond acceptors (Lipinski definition) is 6. The third kappa shape index (κ3) is 5.26. The van der Waals surface area contributed by atoms with Gasteiger partial charge in [-0.2, -0.15) is 5.10 Å². The molecular formula is C17H31N5O2. The number of aliphatic hydroxyl groups excluding tert-OH is 1. The fourth-order valence-corrected chi connectivity index (χ4v) is 3.60. The molecule has 1 N–H and O–H groups in total. The van der Waals surface area contributed by atoms with Crippen molar-refractivity contribution >= 4 is 0 Å². The lowest BCUT2D eigenvalue weighted by Gasteiger charge is -2.39. The van der Waals surface area contributed by atoms with Crippen LogP contribution in [0.15, 0.2) is 18.5 Å². The number of aromatic nitrogens is 2. The third-order valence-corrected chi connectivity index (χ3v) is 5.02. The van der Waals surface area contributed by atoms with Gasteiger partial charge in [-0.3, -0.25) is 19.4 Å². The van der Waals surface area contributed by atoms with Crippen LogP contribution in [0.5, 0.6) is 0 Å². The minimum absolute atomic E-state index is 0.343. The summed E-state index contributed by atoms with van der Waals surface area (Å²) in [5.74, 6) is 0. The second-order valence-corrected chi connectivity index (χ2v) is 6.87. The van der Waals surface area contributed by atoms with E-state index in [9.17, 15) is 5.11 Å². The summed E-state index contributed by atoms with van der Waals surface area (Å²) in [4.78, 5) is 7.32. The molecule has 0 amide bonds. The Labute approximate surface area is 144 Å². The summed E-state index contributed by atoms with van der Waals surface area (Å²) in [7, 11) is 0. The number of rotatable bonds is 7. The van der Waals surface area contributed by atoms with Crippen molar-refractivity contribution in [3.05, 3.63) is 18.5 Å². The van der Waals surface area contributed by atoms with Crippen LogP contribution in [-0.4, -0.2) is 107 Å². The lowest BCUT2D eigenvalue weighted by atomic mass is 10.2. The molecule has 0 aromatic carbocycles. The summed E-state index contributed by atoms with van der Waals surface area (Å²) < 4.78 is 7.71. The maximum Gasteiger partial charge on any atom is 0.0862 e. The van der Waals surface area contributed by atoms with Crippen molar-refractivity contribution in [3.63, 3.8) is 0 Å². The van der Waals surface area contributed by atoms with Crippen molar-refractivity contribution in [2.75, 3.05) is 65.5 Å². The van der Waals surface area contributed by atoms with Crippen molar-refractivity contribution < 1.29 is 9.84 Å². The van der Waals surface area contributed by atoms with Gasteiger partial charge in [0.2, 0.25) is 0 Å². The standard InChI is InChI=1S/C17H31N5O2/c1-2-19-10-11-24-17(14-19)15-21-8-6-20(7-9-21)12-16(23)13-22-5-3-4-18-22/h3-5,16-17,23H,2,6-15H2,1H3/t16-,17+/m0/s1. The Morgan fingerprint density at radius 2 is 1.92 bits per heavy atom. The van der Waals surface area contributed by atoms with Gasteiger partial charge in [0.1, 0.15) is 0 Å². The zero-order chi connectivity index (χ0) is 16.8. The van der Waals surface area contributed by atoms with Gasteiger partial charge in [-0.05, 0) is 12.6 Å². The van der Waals surface area contributed by atoms with Gasteiger partial charge in [0.15, 0.2) is 0 Å². The Balaban J connectivity index is 1.35. The molecule has 2 aliphatic heterocycles. The van der Waals surface area contributed by atoms with E-state index in [1.807, 2.05) is 12.3 Å². The second-order valence-electron chi connectivity index (χ2n) is 6.87. The van der Waals surface area contributed by atoms with E-state index in [0.29, 0.717) is 12.6 Å². The minimum atomic E-state index is -0.365. The number of aliphatic hydroxyl groups is 1. The van der Waals surface area contributed by atoms with Gasteiger partial charge >= 0.3 is 0 Å². The molecule has 7 heteroatoms. The Kier molecular flexibility index (Phi) is 6.62. The van der Waals surface area contributed by atoms with Gasteiger partial charge in [0.05, 0.1) is 25.4 Å². The highest BCUT2D eigenvalue weighted by Crippen LogP contribution is 2.10. The first-order valence-corrected chi connectivity index (χ1v) is 9.17. The Bertz CT molecular complexity index is 462. The fourth-order valence-electron chi connectivity index (χ4n) is 3.60. The maximum atomic E-state index is 10.2. The highest BCUT2D eigenvalue weighted by Gasteiger charge is 2.25. The average Bonchev–Trinajstić information content (AvgIpc) is 3.09. The molecule has 2 fully saturated rings. The van der Waals surface area contributed by atoms with Crippen molar-refractivity contribution in [3.8, 4) is 0 Å². The molecule has 2 atom stereocenters. The Morgan fingerprint density at radius 1 is 1.12 bits per heavy atom. The van der Waals surface area contributed by atoms with Gasteiger partial charge in [0.25, 0.3) is 0 Å². The van der Waals surface area contributed by atoms with Crippen LogP contribution in [0.4, 0.5) is 0 Å². The smallest absolute Gasteiger partial charge is 0.0862 e. The summed E-state index contributed by atoms with van der Waals surface area (Å²) >= 11 is 0. The molecule has 3 rings (SSSR count). The molecule has 0 radical (unpaired) electrons. The summed E-state index contributed by atoms with van der Waals surface area (Å²) in [5.41, 5.74) is 0. The lowest BCUT2D eigenvalue weighted by molar-refractivity contribution is -0.0481. The first-order valence-electron chi connectivity index (χ1n) is 9.17. The molecule has 2 saturated heterocycles. The number of piperazine rings is 1. The van der Waals surface area contributed by atoms with E-state index in [4.69, 9.17) is 4.74 Å². The molecule has 7 nitrogen and oxygen atoms in total. The van der Waals surface area contributed by atoms with E-state index < -0.39 is 0 Å². The maximum absolute atomic E-state index is 10.2. The summed E-state index contributed by atoms with van der Waals surface area (Å²) in [5, 5.41) is 14.4. The van der Waals surface area contributed by atoms with Crippen LogP contribution in [0.1, 0.15) is 6.92 Å². The number of nitrogens with zero attached hydrogens (tertiary/aromatic N) is 5. The topological polar surface area (TPSA) is 57.0 Å². The molecule has 3 heterocycles. The largest absolute Gasteiger partial charge is 0.390 e. The van der Waals surface area contributed by atoms with Gasteiger partial charge in [-0.25, -0.2) is 0 Å². The highest BCUT2D eigenvalue weighted by molar-refractivity contribution is 4.81. The normalized spacial score (nSPS) is 25.8. The average molecular weight is 337 g/mol. The molecule has 0 saturated carbocycles. The van der Waals surface area contributed by atoms with Crippen LogP contribution >= 0.6 is 0 Å². The summed E-state index contributed by atoms with van der Waals surface area (Å²) in [6, 6.07) is 1.89. The molecule has 24 heavy (non-hydrogen) atoms. The first kappa shape index (κ1) is 17.8. The van der Waals surface area contributed by atoms with Crippen molar-refractivity contribution in [1.29, 1.82) is 0 Å². The van der Waals surface area contributed by atoms with E-state index in [-0.39, 0.29) is 6.10 Å². The van der Waals surface area contributed by atoms with Gasteiger partial charge < -0.3 is 9.84 Å². The number of β-amino-alcohol motifs (C(OH)–C–C–N with tert-alkyl or cyclic N) is 1. The molecule has 0 aliphatic carbocycles. The summed E-state index contributed by atoms with van der Waals surface area (Å²) in [6.45, 7) is 12.8. The van der Waals surface area contributed by atoms with Crippen LogP contribution < -0.4 is 0 Å². The molecule has 136 valence electrons. The minimum Gasteiger partial charge on any atom is -0.390 e. The zero-order valence-corrected chi connectivity index (χ0v) is 14.8. The molecule has 2 aliphatic rings. The molecule has 1 aromatic rings. The zero-order valence-electron chi connectivity index (χ0n) is 14.8. The Hall–Kier alpha value is -0.990. The van der Waals surface area contributed by atoms with Crippen LogP contribution in [0.3, 0.4) is 0 Å². The number of hydrogen-bond donors (Lipinski definition) is 1. The van der Waals surface area contributed by atoms with Crippen LogP contribution in [0, 0.1) is 0 Å². The van der Waals surface area contributed by atoms with Crippen molar-refractivity contribution in [2.24, 2.45) is 0 Å². The van der Waals surface area contributed by atoms with Crippen LogP contribution in [-0.2, 0) is 11.3 Å². The van der Waals surface area contributed by atoms with Crippen molar-refractivity contribution in [2.45, 2.75) is 25.7 Å². The van der Waals surface area contributed by atoms with E-state index >= 15 is 0 Å². The molecular weight excluding hydrogens is 306 g/mol. The van der Waals surface area contributed by atoms with Gasteiger partial charge in [-0.15, -0.1) is 0 Å². The van der Waals surface area contributed by atoms with E-state index in [1.165, 1.54) is 0 Å². The molecule has 1 aromatic heterocycles. The molecule has 0 unspecified atom stereocenters. The third-order valence-electron chi connectivity index (χ3n) is 5.02. The number of likely N-dealkylation sites (N-methyl/N-ethyl adjacent to an activating group) is 1. The Morgan fingerprint density at radius 3 is 2.62 bits per heavy atom. The number of morpholine rings is 1. The summed E-state index contributed by atoms with van der Waals surface area (Å²) in [6.07, 6.45) is 3.62. The number of ether oxygens (including phenoxy) is 1. The van der Waals surface area contributed by atoms with Gasteiger partial charge in [0, 0.05) is 64.8 Å². The van der Waals surface area contributed by atoms with Crippen LogP contribution in [0.25, 0.3) is 0 Å². The van der Waals surface area contributed by atoms with Gasteiger partial charge in [-0.1, -0.05) is 6.92 Å². The van der Waals surface area contributed by atoms with E-state index in [0.717, 1.165) is 65.5 Å². The first-order chi connectivity index (χ1) is 11.7. The monoisotopic (exact) mass is 337 g/mol. The predicted molar refractivity (Wildman–Crippen MR) is 93.0 cm³/mol. The van der Waals surface area contributed by atoms with E-state index in [1.54, 1.807) is 10.9 Å². The molecule has 0 bridgehead atoms. The van der Waals surface area contributed by atoms with Crippen LogP contribution in [0.2, 0.25) is 0 Å². The van der Waals surface area contributed by atoms with E-state index in [2.05, 4.69) is 26.7 Å². The highest BCUT2D eigenvalue weighted by atomic mass is 16.5. The SMILES string of the molecule is CCN1CCO[C@@H](CN2CCN(C[C@H](O)Cn3cccn3)CC2)C1. The fraction of sp³-hybridized carbons (Fsp3) is 0.824. The quantitative estimate of drug-likeness (QED) is 0.730. The molecule has 0 spiro atoms. The predicted octanol–water partition coefficient (Wildman–Crippen LogP) is -0.418. The van der Waals surface area contributed by atoms with Crippen molar-refractivity contribution in [1.82, 2.24) is 24.5 Å².